The fourth-order valence-electron chi connectivity index (χ4n) is 3.65. The number of amides is 1. The van der Waals surface area contributed by atoms with Crippen LogP contribution >= 0.6 is 34.5 Å². The molecule has 4 heterocycles. The Hall–Kier alpha value is -2.34. The van der Waals surface area contributed by atoms with Crippen LogP contribution in [0.2, 0.25) is 9.36 Å². The van der Waals surface area contributed by atoms with E-state index in [1.165, 1.54) is 19.2 Å². The lowest BCUT2D eigenvalue weighted by atomic mass is 9.96. The number of anilines is 1. The van der Waals surface area contributed by atoms with E-state index in [9.17, 15) is 13.2 Å². The summed E-state index contributed by atoms with van der Waals surface area (Å²) in [6.07, 6.45) is 3.24. The molecule has 1 saturated heterocycles. The van der Waals surface area contributed by atoms with Gasteiger partial charge in [0.2, 0.25) is 17.7 Å². The maximum atomic E-state index is 12.6. The van der Waals surface area contributed by atoms with E-state index >= 15 is 0 Å². The molecular formula is C21H22Cl2N4O5S2. The third-order valence-electron chi connectivity index (χ3n) is 5.46. The molecule has 182 valence electrons. The molecule has 0 radical (unpaired) electrons. The highest BCUT2D eigenvalue weighted by Gasteiger charge is 2.31. The maximum absolute atomic E-state index is 12.6. The number of pyridine rings is 1. The van der Waals surface area contributed by atoms with Crippen LogP contribution in [0.4, 0.5) is 5.82 Å². The SMILES string of the molecule is CCc1cnc(-c2cc(Cl)c(N3CCC(C(=O)NS(=O)(=O)c4ccc(Cl)s4)CC3)nc2OC)o1. The zero-order valence-corrected chi connectivity index (χ0v) is 21.5. The number of aromatic nitrogens is 2. The monoisotopic (exact) mass is 544 g/mol. The van der Waals surface area contributed by atoms with Crippen LogP contribution in [0, 0.1) is 5.92 Å². The number of nitrogens with one attached hydrogen (secondary N) is 1. The number of hydrogen-bond donors (Lipinski definition) is 1. The van der Waals surface area contributed by atoms with Gasteiger partial charge in [0.15, 0.2) is 5.82 Å². The second-order valence-corrected chi connectivity index (χ2v) is 11.7. The molecular weight excluding hydrogens is 523 g/mol. The van der Waals surface area contributed by atoms with Crippen LogP contribution < -0.4 is 14.4 Å². The Morgan fingerprint density at radius 1 is 1.32 bits per heavy atom. The number of thiophene rings is 1. The van der Waals surface area contributed by atoms with Crippen LogP contribution in [0.25, 0.3) is 11.5 Å². The predicted molar refractivity (Wildman–Crippen MR) is 130 cm³/mol. The topological polar surface area (TPSA) is 115 Å². The Kier molecular flexibility index (Phi) is 7.36. The van der Waals surface area contributed by atoms with Crippen LogP contribution in [0.3, 0.4) is 0 Å². The maximum Gasteiger partial charge on any atom is 0.273 e. The Labute approximate surface area is 211 Å². The first kappa shape index (κ1) is 24.8. The van der Waals surface area contributed by atoms with Gasteiger partial charge in [-0.15, -0.1) is 11.3 Å². The van der Waals surface area contributed by atoms with Crippen molar-refractivity contribution in [2.45, 2.75) is 30.4 Å². The standard InChI is InChI=1S/C21H22Cl2N4O5S2/c1-3-13-11-24-20(32-13)14-10-15(22)18(25-21(14)31-2)27-8-6-12(7-9-27)19(28)26-34(29,30)17-5-4-16(23)33-17/h4-5,10-12H,3,6-9H2,1-2H3,(H,26,28). The van der Waals surface area contributed by atoms with Gasteiger partial charge in [-0.3, -0.25) is 4.79 Å². The molecule has 3 aromatic rings. The highest BCUT2D eigenvalue weighted by molar-refractivity contribution is 7.92. The van der Waals surface area contributed by atoms with Gasteiger partial charge in [0, 0.05) is 25.4 Å². The number of carbonyl (C=O) groups excluding carboxylic acids is 1. The molecule has 0 spiro atoms. The van der Waals surface area contributed by atoms with E-state index in [1.807, 2.05) is 11.8 Å². The normalized spacial score (nSPS) is 14.9. The number of ether oxygens (including phenoxy) is 1. The summed E-state index contributed by atoms with van der Waals surface area (Å²) in [6.45, 7) is 2.90. The molecule has 0 saturated carbocycles. The van der Waals surface area contributed by atoms with E-state index in [2.05, 4.69) is 14.7 Å². The number of nitrogens with zero attached hydrogens (tertiary/aromatic N) is 3. The molecule has 4 rings (SSSR count). The van der Waals surface area contributed by atoms with E-state index < -0.39 is 21.8 Å². The first-order valence-electron chi connectivity index (χ1n) is 10.5. The fourth-order valence-corrected chi connectivity index (χ4v) is 6.45. The van der Waals surface area contributed by atoms with Gasteiger partial charge in [0.05, 0.1) is 22.7 Å². The molecule has 1 fully saturated rings. The number of oxazole rings is 1. The van der Waals surface area contributed by atoms with Crippen LogP contribution in [-0.2, 0) is 21.2 Å². The first-order valence-corrected chi connectivity index (χ1v) is 13.5. The minimum Gasteiger partial charge on any atom is -0.480 e. The van der Waals surface area contributed by atoms with Crippen molar-refractivity contribution in [2.75, 3.05) is 25.1 Å². The van der Waals surface area contributed by atoms with Crippen LogP contribution in [0.5, 0.6) is 5.88 Å². The number of methoxy groups -OCH3 is 1. The number of piperidine rings is 1. The molecule has 3 aromatic heterocycles. The van der Waals surface area contributed by atoms with Crippen molar-refractivity contribution in [1.82, 2.24) is 14.7 Å². The number of carbonyl (C=O) groups is 1. The number of halogens is 2. The number of hydrogen-bond acceptors (Lipinski definition) is 9. The summed E-state index contributed by atoms with van der Waals surface area (Å²) in [5, 5.41) is 0.395. The number of rotatable bonds is 7. The van der Waals surface area contributed by atoms with Crippen LogP contribution in [0.15, 0.2) is 33.0 Å². The summed E-state index contributed by atoms with van der Waals surface area (Å²) in [7, 11) is -2.44. The Morgan fingerprint density at radius 2 is 2.06 bits per heavy atom. The van der Waals surface area contributed by atoms with Gasteiger partial charge in [-0.1, -0.05) is 30.1 Å². The lowest BCUT2D eigenvalue weighted by Gasteiger charge is -2.32. The summed E-state index contributed by atoms with van der Waals surface area (Å²) >= 11 is 13.3. The average molecular weight is 545 g/mol. The molecule has 1 aliphatic rings. The molecule has 13 heteroatoms. The smallest absolute Gasteiger partial charge is 0.273 e. The van der Waals surface area contributed by atoms with E-state index in [0.717, 1.165) is 17.1 Å². The van der Waals surface area contributed by atoms with Crippen molar-refractivity contribution in [3.63, 3.8) is 0 Å². The summed E-state index contributed by atoms with van der Waals surface area (Å²) in [5.74, 6) is 0.960. The Morgan fingerprint density at radius 3 is 2.65 bits per heavy atom. The molecule has 1 amide bonds. The van der Waals surface area contributed by atoms with Gasteiger partial charge in [0.1, 0.15) is 15.5 Å². The molecule has 0 unspecified atom stereocenters. The molecule has 0 aromatic carbocycles. The van der Waals surface area contributed by atoms with Gasteiger partial charge in [-0.25, -0.2) is 18.1 Å². The van der Waals surface area contributed by atoms with Gasteiger partial charge < -0.3 is 14.1 Å². The minimum atomic E-state index is -3.94. The largest absolute Gasteiger partial charge is 0.480 e. The fraction of sp³-hybridized carbons (Fsp3) is 0.381. The number of aryl methyl sites for hydroxylation is 1. The first-order chi connectivity index (χ1) is 16.2. The van der Waals surface area contributed by atoms with Gasteiger partial charge >= 0.3 is 0 Å². The van der Waals surface area contributed by atoms with E-state index in [-0.39, 0.29) is 4.21 Å². The van der Waals surface area contributed by atoms with Gasteiger partial charge in [-0.2, -0.15) is 4.98 Å². The second kappa shape index (κ2) is 10.1. The summed E-state index contributed by atoms with van der Waals surface area (Å²) in [4.78, 5) is 23.4. The highest BCUT2D eigenvalue weighted by Crippen LogP contribution is 2.37. The van der Waals surface area contributed by atoms with Crippen LogP contribution in [0.1, 0.15) is 25.5 Å². The quantitative estimate of drug-likeness (QED) is 0.465. The lowest BCUT2D eigenvalue weighted by Crippen LogP contribution is -2.42. The average Bonchev–Trinajstić information content (AvgIpc) is 3.48. The molecule has 0 atom stereocenters. The van der Waals surface area contributed by atoms with Crippen molar-refractivity contribution in [3.8, 4) is 17.3 Å². The Balaban J connectivity index is 1.45. The van der Waals surface area contributed by atoms with Gasteiger partial charge in [-0.05, 0) is 31.0 Å². The summed E-state index contributed by atoms with van der Waals surface area (Å²) in [5.41, 5.74) is 0.545. The molecule has 0 aliphatic carbocycles. The third kappa shape index (κ3) is 5.17. The third-order valence-corrected chi connectivity index (χ3v) is 8.81. The second-order valence-electron chi connectivity index (χ2n) is 7.63. The number of sulfonamides is 1. The minimum absolute atomic E-state index is 0.00329. The van der Waals surface area contributed by atoms with Crippen LogP contribution in [-0.4, -0.2) is 44.5 Å². The Bertz CT molecular complexity index is 1300. The molecule has 1 aliphatic heterocycles. The van der Waals surface area contributed by atoms with E-state index in [4.69, 9.17) is 32.4 Å². The highest BCUT2D eigenvalue weighted by atomic mass is 35.5. The molecule has 9 nitrogen and oxygen atoms in total. The predicted octanol–water partition coefficient (Wildman–Crippen LogP) is 4.40. The zero-order chi connectivity index (χ0) is 24.5. The molecule has 1 N–H and O–H groups in total. The van der Waals surface area contributed by atoms with Gasteiger partial charge in [0.25, 0.3) is 10.0 Å². The van der Waals surface area contributed by atoms with E-state index in [1.54, 1.807) is 12.3 Å². The van der Waals surface area contributed by atoms with E-state index in [0.29, 0.717) is 64.9 Å². The van der Waals surface area contributed by atoms with Crippen molar-refractivity contribution >= 4 is 56.3 Å². The summed E-state index contributed by atoms with van der Waals surface area (Å²) < 4.78 is 38.5. The van der Waals surface area contributed by atoms with Crippen molar-refractivity contribution in [2.24, 2.45) is 5.92 Å². The zero-order valence-electron chi connectivity index (χ0n) is 18.4. The molecule has 34 heavy (non-hydrogen) atoms. The lowest BCUT2D eigenvalue weighted by molar-refractivity contribution is -0.123. The molecule has 0 bridgehead atoms. The van der Waals surface area contributed by atoms with Crippen molar-refractivity contribution in [3.05, 3.63) is 39.5 Å². The summed E-state index contributed by atoms with van der Waals surface area (Å²) in [6, 6.07) is 4.55. The van der Waals surface area contributed by atoms with Crippen molar-refractivity contribution < 1.29 is 22.4 Å². The van der Waals surface area contributed by atoms with Crippen molar-refractivity contribution in [1.29, 1.82) is 0 Å².